The third-order valence-corrected chi connectivity index (χ3v) is 3.22. The van der Waals surface area contributed by atoms with Gasteiger partial charge >= 0.3 is 0 Å². The van der Waals surface area contributed by atoms with Crippen molar-refractivity contribution in [2.75, 3.05) is 0 Å². The average Bonchev–Trinajstić information content (AvgIpc) is 2.30. The number of ether oxygens (including phenoxy) is 1. The van der Waals surface area contributed by atoms with E-state index in [1.165, 1.54) is 0 Å². The molecule has 2 rings (SSSR count). The first kappa shape index (κ1) is 13.5. The fraction of sp³-hybridized carbons (Fsp3) is 0.154. The highest BCUT2D eigenvalue weighted by Crippen LogP contribution is 2.27. The van der Waals surface area contributed by atoms with E-state index in [0.717, 1.165) is 11.1 Å². The molecule has 0 aliphatic rings. The normalized spacial score (nSPS) is 10.4. The molecule has 0 amide bonds. The van der Waals surface area contributed by atoms with Crippen molar-refractivity contribution in [3.8, 4) is 5.75 Å². The monoisotopic (exact) mass is 301 g/mol. The number of rotatable bonds is 3. The number of nitrogens with zero attached hydrogens (tertiary/aromatic N) is 1. The fourth-order valence-corrected chi connectivity index (χ4v) is 2.13. The molecule has 0 fully saturated rings. The number of aryl methyl sites for hydroxylation is 1. The van der Waals surface area contributed by atoms with Crippen LogP contribution in [0.4, 0.5) is 0 Å². The molecule has 0 N–H and O–H groups in total. The molecule has 0 aliphatic carbocycles. The second kappa shape index (κ2) is 5.79. The van der Waals surface area contributed by atoms with E-state index < -0.39 is 0 Å². The molecule has 0 aliphatic heterocycles. The minimum atomic E-state index is 0.297. The summed E-state index contributed by atoms with van der Waals surface area (Å²) in [6.07, 6.45) is 1.59. The van der Waals surface area contributed by atoms with E-state index in [9.17, 15) is 0 Å². The highest BCUT2D eigenvalue weighted by molar-refractivity contribution is 6.34. The van der Waals surface area contributed by atoms with Crippen LogP contribution in [0.5, 0.6) is 5.75 Å². The van der Waals surface area contributed by atoms with Crippen LogP contribution < -0.4 is 4.74 Å². The van der Waals surface area contributed by atoms with Crippen molar-refractivity contribution in [1.82, 2.24) is 4.98 Å². The van der Waals surface area contributed by atoms with Crippen LogP contribution in [0.25, 0.3) is 0 Å². The number of hydrogen-bond donors (Lipinski definition) is 0. The smallest absolute Gasteiger partial charge is 0.138 e. The van der Waals surface area contributed by atoms with Gasteiger partial charge in [-0.2, -0.15) is 0 Å². The van der Waals surface area contributed by atoms with Gasteiger partial charge < -0.3 is 4.74 Å². The van der Waals surface area contributed by atoms with Gasteiger partial charge in [-0.25, -0.2) is 4.98 Å². The molecule has 0 saturated carbocycles. The molecule has 0 unspecified atom stereocenters. The summed E-state index contributed by atoms with van der Waals surface area (Å²) in [4.78, 5) is 3.96. The van der Waals surface area contributed by atoms with Crippen molar-refractivity contribution in [2.24, 2.45) is 0 Å². The first-order valence-electron chi connectivity index (χ1n) is 5.25. The Morgan fingerprint density at radius 1 is 1.11 bits per heavy atom. The summed E-state index contributed by atoms with van der Waals surface area (Å²) < 4.78 is 5.60. The predicted molar refractivity (Wildman–Crippen MR) is 74.8 cm³/mol. The van der Waals surface area contributed by atoms with Crippen molar-refractivity contribution in [3.63, 3.8) is 0 Å². The zero-order chi connectivity index (χ0) is 13.1. The summed E-state index contributed by atoms with van der Waals surface area (Å²) in [5, 5.41) is 1.46. The minimum absolute atomic E-state index is 0.297. The number of benzene rings is 1. The molecule has 2 aromatic rings. The lowest BCUT2D eigenvalue weighted by atomic mass is 10.2. The van der Waals surface area contributed by atoms with E-state index in [1.54, 1.807) is 12.3 Å². The highest BCUT2D eigenvalue weighted by Gasteiger charge is 2.06. The van der Waals surface area contributed by atoms with E-state index in [4.69, 9.17) is 39.5 Å². The maximum absolute atomic E-state index is 6.07. The second-order valence-corrected chi connectivity index (χ2v) is 5.02. The molecule has 1 aromatic carbocycles. The van der Waals surface area contributed by atoms with Crippen LogP contribution >= 0.6 is 34.8 Å². The Balaban J connectivity index is 2.11. The zero-order valence-corrected chi connectivity index (χ0v) is 11.9. The molecule has 5 heteroatoms. The summed E-state index contributed by atoms with van der Waals surface area (Å²) in [6, 6.07) is 7.19. The van der Waals surface area contributed by atoms with Crippen LogP contribution in [-0.4, -0.2) is 4.98 Å². The number of aromatic nitrogens is 1. The fourth-order valence-electron chi connectivity index (χ4n) is 1.42. The van der Waals surface area contributed by atoms with Gasteiger partial charge in [0, 0.05) is 11.8 Å². The largest absolute Gasteiger partial charge is 0.487 e. The summed E-state index contributed by atoms with van der Waals surface area (Å²) in [5.41, 5.74) is 1.84. The first-order chi connectivity index (χ1) is 8.56. The van der Waals surface area contributed by atoms with Gasteiger partial charge in [0.05, 0.1) is 10.0 Å². The van der Waals surface area contributed by atoms with Crippen LogP contribution in [0.2, 0.25) is 15.2 Å². The molecule has 1 aromatic heterocycles. The van der Waals surface area contributed by atoms with Gasteiger partial charge in [0.1, 0.15) is 17.5 Å². The molecule has 0 bridgehead atoms. The maximum Gasteiger partial charge on any atom is 0.138 e. The van der Waals surface area contributed by atoms with Crippen molar-refractivity contribution < 1.29 is 4.74 Å². The molecule has 0 spiro atoms. The van der Waals surface area contributed by atoms with E-state index in [1.807, 2.05) is 25.1 Å². The minimum Gasteiger partial charge on any atom is -0.487 e. The van der Waals surface area contributed by atoms with Gasteiger partial charge in [-0.15, -0.1) is 0 Å². The van der Waals surface area contributed by atoms with E-state index >= 15 is 0 Å². The number of pyridine rings is 1. The Kier molecular flexibility index (Phi) is 4.33. The lowest BCUT2D eigenvalue weighted by Crippen LogP contribution is -1.98. The van der Waals surface area contributed by atoms with E-state index in [2.05, 4.69) is 4.98 Å². The average molecular weight is 303 g/mol. The van der Waals surface area contributed by atoms with E-state index in [0.29, 0.717) is 27.6 Å². The number of hydrogen-bond acceptors (Lipinski definition) is 2. The standard InChI is InChI=1S/C13H10Cl3NO/c1-8-2-3-12(11(15)4-8)18-7-9-6-17-13(16)5-10(9)14/h2-6H,7H2,1H3. The van der Waals surface area contributed by atoms with Crippen LogP contribution in [0.1, 0.15) is 11.1 Å². The summed E-state index contributed by atoms with van der Waals surface area (Å²) in [7, 11) is 0. The van der Waals surface area contributed by atoms with Gasteiger partial charge in [-0.3, -0.25) is 0 Å². The molecular weight excluding hydrogens is 293 g/mol. The Morgan fingerprint density at radius 2 is 1.89 bits per heavy atom. The predicted octanol–water partition coefficient (Wildman–Crippen LogP) is 4.93. The Labute approximate surface area is 120 Å². The van der Waals surface area contributed by atoms with Crippen LogP contribution in [0, 0.1) is 6.92 Å². The Morgan fingerprint density at radius 3 is 2.56 bits per heavy atom. The van der Waals surface area contributed by atoms with E-state index in [-0.39, 0.29) is 0 Å². The lowest BCUT2D eigenvalue weighted by molar-refractivity contribution is 0.306. The lowest BCUT2D eigenvalue weighted by Gasteiger charge is -2.09. The first-order valence-corrected chi connectivity index (χ1v) is 6.38. The Hall–Kier alpha value is -0.960. The maximum atomic E-state index is 6.07. The molecule has 18 heavy (non-hydrogen) atoms. The summed E-state index contributed by atoms with van der Waals surface area (Å²) in [6.45, 7) is 2.27. The third-order valence-electron chi connectivity index (χ3n) is 2.37. The SMILES string of the molecule is Cc1ccc(OCc2cnc(Cl)cc2Cl)c(Cl)c1. The molecule has 94 valence electrons. The number of halogens is 3. The second-order valence-electron chi connectivity index (χ2n) is 3.82. The molecule has 0 radical (unpaired) electrons. The van der Waals surface area contributed by atoms with Crippen LogP contribution in [0.15, 0.2) is 30.5 Å². The van der Waals surface area contributed by atoms with Gasteiger partial charge in [-0.05, 0) is 30.7 Å². The summed E-state index contributed by atoms with van der Waals surface area (Å²) in [5.74, 6) is 0.619. The van der Waals surface area contributed by atoms with Crippen molar-refractivity contribution in [2.45, 2.75) is 13.5 Å². The van der Waals surface area contributed by atoms with Gasteiger partial charge in [0.2, 0.25) is 0 Å². The van der Waals surface area contributed by atoms with Gasteiger partial charge in [0.15, 0.2) is 0 Å². The van der Waals surface area contributed by atoms with Crippen LogP contribution in [-0.2, 0) is 6.61 Å². The molecule has 0 atom stereocenters. The third kappa shape index (κ3) is 3.29. The van der Waals surface area contributed by atoms with Gasteiger partial charge in [0.25, 0.3) is 0 Å². The highest BCUT2D eigenvalue weighted by atomic mass is 35.5. The summed E-state index contributed by atoms with van der Waals surface area (Å²) >= 11 is 17.8. The zero-order valence-electron chi connectivity index (χ0n) is 9.58. The van der Waals surface area contributed by atoms with Gasteiger partial charge in [-0.1, -0.05) is 40.9 Å². The molecule has 1 heterocycles. The Bertz CT molecular complexity index is 521. The van der Waals surface area contributed by atoms with Crippen molar-refractivity contribution in [1.29, 1.82) is 0 Å². The topological polar surface area (TPSA) is 22.1 Å². The molecular formula is C13H10Cl3NO. The quantitative estimate of drug-likeness (QED) is 0.750. The van der Waals surface area contributed by atoms with Crippen LogP contribution in [0.3, 0.4) is 0 Å². The van der Waals surface area contributed by atoms with Crippen molar-refractivity contribution >= 4 is 34.8 Å². The van der Waals surface area contributed by atoms with Crippen molar-refractivity contribution in [3.05, 3.63) is 56.8 Å². The molecule has 0 saturated heterocycles. The molecule has 2 nitrogen and oxygen atoms in total.